The summed E-state index contributed by atoms with van der Waals surface area (Å²) in [5.41, 5.74) is 2.90. The van der Waals surface area contributed by atoms with Crippen molar-refractivity contribution in [3.8, 4) is 11.8 Å². The lowest BCUT2D eigenvalue weighted by atomic mass is 10.1. The van der Waals surface area contributed by atoms with Crippen molar-refractivity contribution in [2.24, 2.45) is 0 Å². The molecule has 0 fully saturated rings. The normalized spacial score (nSPS) is 10.5. The molecule has 4 aromatic rings. The monoisotopic (exact) mass is 418 g/mol. The van der Waals surface area contributed by atoms with Crippen molar-refractivity contribution in [3.63, 3.8) is 0 Å². The van der Waals surface area contributed by atoms with Crippen LogP contribution in [0.1, 0.15) is 21.5 Å². The minimum absolute atomic E-state index is 0.136. The van der Waals surface area contributed by atoms with E-state index in [9.17, 15) is 9.18 Å². The molecule has 0 aliphatic heterocycles. The molecule has 3 N–H and O–H groups in total. The van der Waals surface area contributed by atoms with Crippen LogP contribution in [0.5, 0.6) is 5.75 Å². The Labute approximate surface area is 175 Å². The van der Waals surface area contributed by atoms with E-state index in [2.05, 4.69) is 21.4 Å². The molecule has 3 aromatic carbocycles. The lowest BCUT2D eigenvalue weighted by Crippen LogP contribution is -2.13. The predicted octanol–water partition coefficient (Wildman–Crippen LogP) is 5.07. The van der Waals surface area contributed by atoms with Gasteiger partial charge < -0.3 is 20.0 Å². The number of ether oxygens (including phenoxy) is 1. The minimum atomic E-state index is -0.547. The van der Waals surface area contributed by atoms with Crippen LogP contribution in [-0.2, 0) is 6.61 Å². The standard InChI is InChI=1S/C22H15FN4O2S/c23-15-8-18(20-19(9-15)26-22(30)27-20)21(28)25-16-5-2-6-17(10-16)29-12-14-4-1-3-13(7-14)11-24/h1-10H,12H2,(H,25,28)(H2,26,27,30). The van der Waals surface area contributed by atoms with Crippen molar-refractivity contribution in [3.05, 3.63) is 87.9 Å². The zero-order valence-electron chi connectivity index (χ0n) is 15.5. The maximum absolute atomic E-state index is 13.9. The van der Waals surface area contributed by atoms with E-state index in [1.165, 1.54) is 6.07 Å². The number of amides is 1. The number of hydrogen-bond acceptors (Lipinski definition) is 4. The molecule has 0 spiro atoms. The Morgan fingerprint density at radius 3 is 2.80 bits per heavy atom. The van der Waals surface area contributed by atoms with Gasteiger partial charge in [0.15, 0.2) is 4.77 Å². The van der Waals surface area contributed by atoms with Gasteiger partial charge in [-0.15, -0.1) is 0 Å². The molecule has 0 bridgehead atoms. The highest BCUT2D eigenvalue weighted by Crippen LogP contribution is 2.22. The highest BCUT2D eigenvalue weighted by Gasteiger charge is 2.14. The molecule has 0 saturated heterocycles. The number of aromatic amines is 2. The fraction of sp³-hybridized carbons (Fsp3) is 0.0455. The number of halogens is 1. The third-order valence-corrected chi connectivity index (χ3v) is 4.59. The van der Waals surface area contributed by atoms with Crippen LogP contribution in [0.4, 0.5) is 10.1 Å². The number of aromatic nitrogens is 2. The lowest BCUT2D eigenvalue weighted by Gasteiger charge is -2.10. The maximum atomic E-state index is 13.9. The Bertz CT molecular complexity index is 1350. The van der Waals surface area contributed by atoms with Crippen molar-refractivity contribution < 1.29 is 13.9 Å². The zero-order valence-corrected chi connectivity index (χ0v) is 16.3. The summed E-state index contributed by atoms with van der Waals surface area (Å²) in [6, 6.07) is 18.5. The summed E-state index contributed by atoms with van der Waals surface area (Å²) in [4.78, 5) is 18.4. The van der Waals surface area contributed by atoms with Crippen molar-refractivity contribution in [1.29, 1.82) is 5.26 Å². The van der Waals surface area contributed by atoms with Gasteiger partial charge in [-0.1, -0.05) is 18.2 Å². The van der Waals surface area contributed by atoms with Crippen molar-refractivity contribution in [2.75, 3.05) is 5.32 Å². The second-order valence-electron chi connectivity index (χ2n) is 6.54. The number of carbonyl (C=O) groups excluding carboxylic acids is 1. The van der Waals surface area contributed by atoms with Crippen LogP contribution in [0.25, 0.3) is 11.0 Å². The molecule has 1 heterocycles. The van der Waals surface area contributed by atoms with Gasteiger partial charge in [0.25, 0.3) is 5.91 Å². The molecule has 4 rings (SSSR count). The van der Waals surface area contributed by atoms with Gasteiger partial charge in [-0.3, -0.25) is 4.79 Å². The number of carbonyl (C=O) groups is 1. The van der Waals surface area contributed by atoms with Gasteiger partial charge in [-0.05, 0) is 54.2 Å². The second-order valence-corrected chi connectivity index (χ2v) is 6.95. The third kappa shape index (κ3) is 4.21. The quantitative estimate of drug-likeness (QED) is 0.395. The number of fused-ring (bicyclic) bond motifs is 1. The number of benzene rings is 3. The number of nitriles is 1. The molecule has 30 heavy (non-hydrogen) atoms. The van der Waals surface area contributed by atoms with E-state index in [0.29, 0.717) is 32.8 Å². The number of H-pyrrole nitrogens is 2. The Balaban J connectivity index is 1.51. The number of hydrogen-bond donors (Lipinski definition) is 3. The number of imidazole rings is 1. The number of anilines is 1. The summed E-state index contributed by atoms with van der Waals surface area (Å²) in [6.07, 6.45) is 0. The van der Waals surface area contributed by atoms with E-state index < -0.39 is 11.7 Å². The van der Waals surface area contributed by atoms with Crippen LogP contribution in [0.2, 0.25) is 0 Å². The molecule has 0 aliphatic carbocycles. The number of nitrogens with zero attached hydrogens (tertiary/aromatic N) is 1. The van der Waals surface area contributed by atoms with Crippen LogP contribution >= 0.6 is 12.2 Å². The first-order valence-corrected chi connectivity index (χ1v) is 9.37. The Hall–Kier alpha value is -3.96. The fourth-order valence-electron chi connectivity index (χ4n) is 3.05. The second kappa shape index (κ2) is 8.19. The molecule has 1 aromatic heterocycles. The largest absolute Gasteiger partial charge is 0.489 e. The molecule has 1 amide bonds. The first-order valence-electron chi connectivity index (χ1n) is 8.96. The first kappa shape index (κ1) is 19.4. The molecule has 0 unspecified atom stereocenters. The van der Waals surface area contributed by atoms with E-state index in [0.717, 1.165) is 11.6 Å². The summed E-state index contributed by atoms with van der Waals surface area (Å²) < 4.78 is 20.0. The van der Waals surface area contributed by atoms with Gasteiger partial charge in [-0.2, -0.15) is 5.26 Å². The highest BCUT2D eigenvalue weighted by atomic mass is 32.1. The van der Waals surface area contributed by atoms with E-state index in [4.69, 9.17) is 22.2 Å². The van der Waals surface area contributed by atoms with Crippen molar-refractivity contribution in [1.82, 2.24) is 9.97 Å². The van der Waals surface area contributed by atoms with E-state index in [-0.39, 0.29) is 12.2 Å². The maximum Gasteiger partial charge on any atom is 0.257 e. The van der Waals surface area contributed by atoms with Gasteiger partial charge >= 0.3 is 0 Å². The van der Waals surface area contributed by atoms with Crippen LogP contribution in [0.3, 0.4) is 0 Å². The highest BCUT2D eigenvalue weighted by molar-refractivity contribution is 7.71. The van der Waals surface area contributed by atoms with Crippen LogP contribution < -0.4 is 10.1 Å². The topological polar surface area (TPSA) is 93.7 Å². The smallest absolute Gasteiger partial charge is 0.257 e. The molecule has 0 aliphatic rings. The zero-order chi connectivity index (χ0) is 21.1. The van der Waals surface area contributed by atoms with Gasteiger partial charge in [0.2, 0.25) is 0 Å². The van der Waals surface area contributed by atoms with E-state index in [1.54, 1.807) is 42.5 Å². The summed E-state index contributed by atoms with van der Waals surface area (Å²) in [6.45, 7) is 0.275. The first-order chi connectivity index (χ1) is 14.5. The summed E-state index contributed by atoms with van der Waals surface area (Å²) in [5, 5.41) is 11.7. The van der Waals surface area contributed by atoms with Gasteiger partial charge in [0.1, 0.15) is 18.2 Å². The fourth-order valence-corrected chi connectivity index (χ4v) is 3.26. The minimum Gasteiger partial charge on any atom is -0.489 e. The van der Waals surface area contributed by atoms with Crippen molar-refractivity contribution in [2.45, 2.75) is 6.61 Å². The average Bonchev–Trinajstić information content (AvgIpc) is 3.11. The lowest BCUT2D eigenvalue weighted by molar-refractivity contribution is 0.102. The van der Waals surface area contributed by atoms with E-state index >= 15 is 0 Å². The van der Waals surface area contributed by atoms with Crippen molar-refractivity contribution >= 4 is 34.8 Å². The number of rotatable bonds is 5. The molecule has 8 heteroatoms. The van der Waals surface area contributed by atoms with Crippen LogP contribution in [0.15, 0.2) is 60.7 Å². The van der Waals surface area contributed by atoms with E-state index in [1.807, 2.05) is 6.07 Å². The number of nitrogens with one attached hydrogen (secondary N) is 3. The van der Waals surface area contributed by atoms with Gasteiger partial charge in [0, 0.05) is 11.8 Å². The molecule has 0 radical (unpaired) electrons. The van der Waals surface area contributed by atoms with Gasteiger partial charge in [0.05, 0.1) is 28.2 Å². The van der Waals surface area contributed by atoms with Gasteiger partial charge in [-0.25, -0.2) is 4.39 Å². The molecule has 0 atom stereocenters. The average molecular weight is 418 g/mol. The molecule has 0 saturated carbocycles. The summed E-state index contributed by atoms with van der Waals surface area (Å²) in [7, 11) is 0. The molecular weight excluding hydrogens is 403 g/mol. The molecule has 148 valence electrons. The Morgan fingerprint density at radius 1 is 1.13 bits per heavy atom. The molecular formula is C22H15FN4O2S. The SMILES string of the molecule is N#Cc1cccc(COc2cccc(NC(=O)c3cc(F)cc4[nH]c(=S)[nH]c34)c2)c1. The predicted molar refractivity (Wildman–Crippen MR) is 113 cm³/mol. The Morgan fingerprint density at radius 2 is 1.97 bits per heavy atom. The Kier molecular flexibility index (Phi) is 5.28. The molecule has 6 nitrogen and oxygen atoms in total. The third-order valence-electron chi connectivity index (χ3n) is 4.39. The van der Waals surface area contributed by atoms with Crippen LogP contribution in [-0.4, -0.2) is 15.9 Å². The summed E-state index contributed by atoms with van der Waals surface area (Å²) in [5.74, 6) is -0.487. The van der Waals surface area contributed by atoms with Crippen LogP contribution in [0, 0.1) is 21.9 Å². The summed E-state index contributed by atoms with van der Waals surface area (Å²) >= 11 is 5.03.